The molecule has 0 amide bonds. The topological polar surface area (TPSA) is 71.2 Å². The van der Waals surface area contributed by atoms with Gasteiger partial charge in [-0.2, -0.15) is 4.68 Å². The molecule has 0 spiro atoms. The Morgan fingerprint density at radius 3 is 2.95 bits per heavy atom. The zero-order chi connectivity index (χ0) is 15.3. The van der Waals surface area contributed by atoms with Gasteiger partial charge in [0.25, 0.3) is 0 Å². The molecule has 4 rings (SSSR count). The molecule has 0 unspecified atom stereocenters. The van der Waals surface area contributed by atoms with E-state index in [-0.39, 0.29) is 34.8 Å². The van der Waals surface area contributed by atoms with E-state index in [1.807, 2.05) is 0 Å². The van der Waals surface area contributed by atoms with E-state index in [4.69, 9.17) is 21.7 Å². The van der Waals surface area contributed by atoms with E-state index in [9.17, 15) is 9.18 Å². The number of hydrogen-bond donors (Lipinski definition) is 0. The second-order valence-electron chi connectivity index (χ2n) is 5.15. The third kappa shape index (κ3) is 2.01. The molecule has 0 aliphatic carbocycles. The van der Waals surface area contributed by atoms with Crippen molar-refractivity contribution in [2.45, 2.75) is 24.9 Å². The number of ketones is 1. The summed E-state index contributed by atoms with van der Waals surface area (Å²) in [6.45, 7) is 0.301. The van der Waals surface area contributed by atoms with Crippen LogP contribution in [-0.2, 0) is 14.3 Å². The number of Topliss-reactive ketones (excluding diaryl/α,β-unsaturated/α-hetero) is 1. The van der Waals surface area contributed by atoms with E-state index in [1.165, 1.54) is 15.4 Å². The molecule has 1 aromatic heterocycles. The van der Waals surface area contributed by atoms with Gasteiger partial charge in [-0.05, 0) is 34.8 Å². The maximum Gasteiger partial charge on any atom is 0.221 e. The lowest BCUT2D eigenvalue weighted by Crippen LogP contribution is -2.37. The summed E-state index contributed by atoms with van der Waals surface area (Å²) in [6.07, 6.45) is -0.878. The lowest BCUT2D eigenvalue weighted by atomic mass is 10.0. The Kier molecular flexibility index (Phi) is 3.13. The molecule has 2 aromatic rings. The standard InChI is InChI=1S/C13H11FN4O3S/c14-7-3-1-2-4-8(7)17-13(22)18(16-15-17)9-5-10(19)12-20-6-11(9)21-12/h1-4,9,11-12H,5-6H2/t9-,11-,12-/m0/s1. The molecular weight excluding hydrogens is 311 g/mol. The number of ether oxygens (including phenoxy) is 2. The Balaban J connectivity index is 1.75. The number of tetrazole rings is 1. The molecule has 9 heteroatoms. The minimum Gasteiger partial charge on any atom is -0.343 e. The van der Waals surface area contributed by atoms with Crippen LogP contribution in [0, 0.1) is 10.6 Å². The molecular formula is C13H11FN4O3S. The highest BCUT2D eigenvalue weighted by Crippen LogP contribution is 2.32. The molecule has 0 saturated carbocycles. The Bertz CT molecular complexity index is 805. The first-order chi connectivity index (χ1) is 10.6. The van der Waals surface area contributed by atoms with Crippen molar-refractivity contribution >= 4 is 18.0 Å². The predicted molar refractivity (Wildman–Crippen MR) is 73.4 cm³/mol. The van der Waals surface area contributed by atoms with Gasteiger partial charge in [-0.1, -0.05) is 12.1 Å². The van der Waals surface area contributed by atoms with Crippen molar-refractivity contribution < 1.29 is 18.7 Å². The van der Waals surface area contributed by atoms with E-state index in [0.29, 0.717) is 6.61 Å². The van der Waals surface area contributed by atoms with Crippen LogP contribution in [0.15, 0.2) is 24.3 Å². The maximum atomic E-state index is 13.9. The minimum absolute atomic E-state index is 0.152. The Labute approximate surface area is 129 Å². The monoisotopic (exact) mass is 322 g/mol. The van der Waals surface area contributed by atoms with Gasteiger partial charge in [0.15, 0.2) is 5.78 Å². The number of aromatic nitrogens is 4. The molecule has 114 valence electrons. The zero-order valence-corrected chi connectivity index (χ0v) is 12.1. The van der Waals surface area contributed by atoms with Crippen molar-refractivity contribution in [1.29, 1.82) is 0 Å². The number of hydrogen-bond acceptors (Lipinski definition) is 6. The molecule has 1 aromatic carbocycles. The smallest absolute Gasteiger partial charge is 0.221 e. The maximum absolute atomic E-state index is 13.9. The number of para-hydroxylation sites is 1. The van der Waals surface area contributed by atoms with E-state index >= 15 is 0 Å². The summed E-state index contributed by atoms with van der Waals surface area (Å²) in [6, 6.07) is 5.75. The highest BCUT2D eigenvalue weighted by Gasteiger charge is 2.45. The van der Waals surface area contributed by atoms with E-state index in [2.05, 4.69) is 10.4 Å². The number of benzene rings is 1. The summed E-state index contributed by atoms with van der Waals surface area (Å²) in [5, 5.41) is 7.89. The lowest BCUT2D eigenvalue weighted by molar-refractivity contribution is -0.156. The molecule has 2 saturated heterocycles. The number of rotatable bonds is 2. The molecule has 22 heavy (non-hydrogen) atoms. The van der Waals surface area contributed by atoms with Crippen LogP contribution in [0.4, 0.5) is 4.39 Å². The summed E-state index contributed by atoms with van der Waals surface area (Å²) >= 11 is 5.33. The first-order valence-corrected chi connectivity index (χ1v) is 7.15. The lowest BCUT2D eigenvalue weighted by Gasteiger charge is -2.25. The highest BCUT2D eigenvalue weighted by molar-refractivity contribution is 7.71. The molecule has 3 heterocycles. The van der Waals surface area contributed by atoms with Gasteiger partial charge >= 0.3 is 0 Å². The van der Waals surface area contributed by atoms with Crippen LogP contribution >= 0.6 is 12.2 Å². The molecule has 2 fully saturated rings. The van der Waals surface area contributed by atoms with Crippen LogP contribution in [-0.4, -0.2) is 44.6 Å². The summed E-state index contributed by atoms with van der Waals surface area (Å²) < 4.78 is 27.5. The second kappa shape index (κ2) is 5.04. The SMILES string of the molecule is O=C1C[C@H](n2nnn(-c3ccccc3F)c2=S)[C@@H]2CO[C@H]1O2. The molecule has 0 radical (unpaired) electrons. The van der Waals surface area contributed by atoms with Crippen molar-refractivity contribution in [3.63, 3.8) is 0 Å². The molecule has 0 N–H and O–H groups in total. The Morgan fingerprint density at radius 2 is 2.14 bits per heavy atom. The van der Waals surface area contributed by atoms with Crippen LogP contribution in [0.2, 0.25) is 0 Å². The predicted octanol–water partition coefficient (Wildman–Crippen LogP) is 1.19. The highest BCUT2D eigenvalue weighted by atomic mass is 32.1. The number of fused-ring (bicyclic) bond motifs is 2. The van der Waals surface area contributed by atoms with Gasteiger partial charge in [-0.3, -0.25) is 4.79 Å². The second-order valence-corrected chi connectivity index (χ2v) is 5.51. The summed E-state index contributed by atoms with van der Waals surface area (Å²) in [4.78, 5) is 11.9. The average molecular weight is 322 g/mol. The van der Waals surface area contributed by atoms with Crippen molar-refractivity contribution in [3.8, 4) is 5.69 Å². The van der Waals surface area contributed by atoms with Crippen LogP contribution in [0.3, 0.4) is 0 Å². The van der Waals surface area contributed by atoms with Crippen molar-refractivity contribution in [2.75, 3.05) is 6.61 Å². The van der Waals surface area contributed by atoms with Crippen molar-refractivity contribution in [3.05, 3.63) is 34.9 Å². The first-order valence-electron chi connectivity index (χ1n) is 6.74. The molecule has 3 atom stereocenters. The summed E-state index contributed by atoms with van der Waals surface area (Å²) in [5.41, 5.74) is 0.211. The quantitative estimate of drug-likeness (QED) is 0.774. The minimum atomic E-state index is -0.781. The van der Waals surface area contributed by atoms with E-state index in [1.54, 1.807) is 18.2 Å². The molecule has 7 nitrogen and oxygen atoms in total. The van der Waals surface area contributed by atoms with E-state index < -0.39 is 12.1 Å². The summed E-state index contributed by atoms with van der Waals surface area (Å²) in [5.74, 6) is -0.605. The first kappa shape index (κ1) is 13.7. The largest absolute Gasteiger partial charge is 0.343 e. The van der Waals surface area contributed by atoms with Crippen LogP contribution < -0.4 is 0 Å². The van der Waals surface area contributed by atoms with Gasteiger partial charge in [0.1, 0.15) is 17.6 Å². The summed E-state index contributed by atoms with van der Waals surface area (Å²) in [7, 11) is 0. The van der Waals surface area contributed by atoms with Crippen LogP contribution in [0.5, 0.6) is 0 Å². The van der Waals surface area contributed by atoms with Gasteiger partial charge in [-0.15, -0.1) is 0 Å². The van der Waals surface area contributed by atoms with Crippen LogP contribution in [0.1, 0.15) is 12.5 Å². The Morgan fingerprint density at radius 1 is 1.32 bits per heavy atom. The molecule has 2 bridgehead atoms. The van der Waals surface area contributed by atoms with Gasteiger partial charge < -0.3 is 9.47 Å². The number of carbonyl (C=O) groups excluding carboxylic acids is 1. The fourth-order valence-electron chi connectivity index (χ4n) is 2.71. The van der Waals surface area contributed by atoms with Gasteiger partial charge in [0.2, 0.25) is 11.1 Å². The molecule has 2 aliphatic rings. The third-order valence-corrected chi connectivity index (χ3v) is 4.17. The fourth-order valence-corrected chi connectivity index (χ4v) is 3.01. The van der Waals surface area contributed by atoms with Gasteiger partial charge in [0, 0.05) is 6.42 Å². The van der Waals surface area contributed by atoms with Gasteiger partial charge in [0.05, 0.1) is 12.6 Å². The van der Waals surface area contributed by atoms with E-state index in [0.717, 1.165) is 0 Å². The van der Waals surface area contributed by atoms with Crippen molar-refractivity contribution in [2.24, 2.45) is 0 Å². The fraction of sp³-hybridized carbons (Fsp3) is 0.385. The number of nitrogens with zero attached hydrogens (tertiary/aromatic N) is 4. The number of carbonyl (C=O) groups is 1. The average Bonchev–Trinajstić information content (AvgIpc) is 3.10. The van der Waals surface area contributed by atoms with Crippen LogP contribution in [0.25, 0.3) is 5.69 Å². The van der Waals surface area contributed by atoms with Gasteiger partial charge in [-0.25, -0.2) is 9.07 Å². The zero-order valence-electron chi connectivity index (χ0n) is 11.3. The third-order valence-electron chi connectivity index (χ3n) is 3.81. The normalized spacial score (nSPS) is 27.3. The molecule has 2 aliphatic heterocycles. The van der Waals surface area contributed by atoms with Crippen molar-refractivity contribution in [1.82, 2.24) is 19.8 Å². The number of halogens is 1. The Hall–Kier alpha value is -1.97.